The highest BCUT2D eigenvalue weighted by Crippen LogP contribution is 2.24. The number of benzene rings is 1. The van der Waals surface area contributed by atoms with Gasteiger partial charge < -0.3 is 15.1 Å². The van der Waals surface area contributed by atoms with Gasteiger partial charge in [0, 0.05) is 38.6 Å². The van der Waals surface area contributed by atoms with Gasteiger partial charge in [-0.2, -0.15) is 0 Å². The Hall–Kier alpha value is -2.96. The van der Waals surface area contributed by atoms with Crippen molar-refractivity contribution >= 4 is 23.5 Å². The van der Waals surface area contributed by atoms with Gasteiger partial charge in [0.05, 0.1) is 17.2 Å². The number of carbonyl (C=O) groups is 2. The number of aromatic nitrogens is 2. The molecule has 2 fully saturated rings. The molecule has 2 aliphatic rings. The zero-order valence-corrected chi connectivity index (χ0v) is 16.6. The van der Waals surface area contributed by atoms with E-state index in [2.05, 4.69) is 20.2 Å². The monoisotopic (exact) mass is 393 g/mol. The van der Waals surface area contributed by atoms with Crippen molar-refractivity contribution < 1.29 is 9.59 Å². The molecule has 1 unspecified atom stereocenters. The molecule has 2 amide bonds. The molecule has 0 saturated carbocycles. The third kappa shape index (κ3) is 4.55. The fourth-order valence-electron chi connectivity index (χ4n) is 4.11. The molecule has 152 valence electrons. The van der Waals surface area contributed by atoms with Gasteiger partial charge in [-0.1, -0.05) is 12.1 Å². The summed E-state index contributed by atoms with van der Waals surface area (Å²) in [5.41, 5.74) is 1.17. The number of rotatable bonds is 4. The summed E-state index contributed by atoms with van der Waals surface area (Å²) in [4.78, 5) is 38.5. The van der Waals surface area contributed by atoms with Crippen LogP contribution in [0.1, 0.15) is 42.5 Å². The number of nitrogens with zero attached hydrogens (tertiary/aromatic N) is 4. The Labute approximate surface area is 171 Å². The number of hydrogen-bond donors (Lipinski definition) is 1. The van der Waals surface area contributed by atoms with E-state index in [1.807, 2.05) is 23.1 Å². The van der Waals surface area contributed by atoms with Crippen LogP contribution in [0.2, 0.25) is 0 Å². The van der Waals surface area contributed by atoms with Crippen LogP contribution in [0.15, 0.2) is 42.7 Å². The second kappa shape index (κ2) is 9.03. The van der Waals surface area contributed by atoms with Crippen LogP contribution in [0.25, 0.3) is 0 Å². The van der Waals surface area contributed by atoms with Gasteiger partial charge in [0.15, 0.2) is 0 Å². The van der Waals surface area contributed by atoms with Gasteiger partial charge in [0.2, 0.25) is 11.9 Å². The van der Waals surface area contributed by atoms with E-state index in [1.54, 1.807) is 24.5 Å². The average molecular weight is 393 g/mol. The molecule has 1 atom stereocenters. The molecule has 7 heteroatoms. The van der Waals surface area contributed by atoms with E-state index in [0.717, 1.165) is 45.3 Å². The van der Waals surface area contributed by atoms with Crippen molar-refractivity contribution in [3.8, 4) is 0 Å². The molecule has 2 saturated heterocycles. The van der Waals surface area contributed by atoms with Crippen molar-refractivity contribution in [1.29, 1.82) is 0 Å². The molecule has 0 bridgehead atoms. The maximum Gasteiger partial charge on any atom is 0.255 e. The molecular formula is C22H27N5O2. The summed E-state index contributed by atoms with van der Waals surface area (Å²) in [5, 5.41) is 3.02. The number of nitrogens with one attached hydrogen (secondary N) is 1. The van der Waals surface area contributed by atoms with E-state index in [4.69, 9.17) is 0 Å². The van der Waals surface area contributed by atoms with Gasteiger partial charge >= 0.3 is 0 Å². The summed E-state index contributed by atoms with van der Waals surface area (Å²) in [5.74, 6) is 0.449. The molecule has 2 aromatic rings. The largest absolute Gasteiger partial charge is 0.340 e. The van der Waals surface area contributed by atoms with Gasteiger partial charge in [-0.15, -0.1) is 0 Å². The minimum atomic E-state index is -0.161. The Morgan fingerprint density at radius 1 is 0.931 bits per heavy atom. The van der Waals surface area contributed by atoms with Crippen LogP contribution in [-0.2, 0) is 4.79 Å². The van der Waals surface area contributed by atoms with E-state index >= 15 is 0 Å². The summed E-state index contributed by atoms with van der Waals surface area (Å²) in [6.07, 6.45) is 8.41. The molecule has 1 N–H and O–H groups in total. The van der Waals surface area contributed by atoms with E-state index in [0.29, 0.717) is 23.7 Å². The van der Waals surface area contributed by atoms with Crippen molar-refractivity contribution in [2.45, 2.75) is 32.1 Å². The molecule has 1 aromatic heterocycles. The SMILES string of the molecule is O=C(Nc1ccccc1C(=O)N1CCCCC1)C1CCCN(c2ncccn2)C1. The second-order valence-electron chi connectivity index (χ2n) is 7.72. The van der Waals surface area contributed by atoms with Crippen LogP contribution in [-0.4, -0.2) is 52.9 Å². The van der Waals surface area contributed by atoms with E-state index in [9.17, 15) is 9.59 Å². The Kier molecular flexibility index (Phi) is 6.03. The molecule has 1 aromatic carbocycles. The third-order valence-corrected chi connectivity index (χ3v) is 5.69. The minimum Gasteiger partial charge on any atom is -0.340 e. The normalized spacial score (nSPS) is 19.7. The van der Waals surface area contributed by atoms with E-state index in [1.165, 1.54) is 6.42 Å². The quantitative estimate of drug-likeness (QED) is 0.864. The number of carbonyl (C=O) groups excluding carboxylic acids is 2. The molecule has 7 nitrogen and oxygen atoms in total. The van der Waals surface area contributed by atoms with Gasteiger partial charge in [-0.25, -0.2) is 9.97 Å². The highest BCUT2D eigenvalue weighted by Gasteiger charge is 2.28. The Bertz CT molecular complexity index is 851. The Balaban J connectivity index is 1.45. The number of anilines is 2. The van der Waals surface area contributed by atoms with Crippen molar-refractivity contribution in [3.05, 3.63) is 48.3 Å². The molecule has 0 aliphatic carbocycles. The van der Waals surface area contributed by atoms with E-state index in [-0.39, 0.29) is 17.7 Å². The number of amides is 2. The highest BCUT2D eigenvalue weighted by molar-refractivity contribution is 6.04. The highest BCUT2D eigenvalue weighted by atomic mass is 16.2. The predicted octanol–water partition coefficient (Wildman–Crippen LogP) is 2.96. The van der Waals surface area contributed by atoms with Crippen LogP contribution in [0, 0.1) is 5.92 Å². The topological polar surface area (TPSA) is 78.4 Å². The first-order valence-electron chi connectivity index (χ1n) is 10.4. The fraction of sp³-hybridized carbons (Fsp3) is 0.455. The zero-order chi connectivity index (χ0) is 20.1. The van der Waals surface area contributed by atoms with Crippen LogP contribution in [0.5, 0.6) is 0 Å². The lowest BCUT2D eigenvalue weighted by molar-refractivity contribution is -0.120. The van der Waals surface area contributed by atoms with Crippen molar-refractivity contribution in [2.24, 2.45) is 5.92 Å². The predicted molar refractivity (Wildman–Crippen MR) is 112 cm³/mol. The average Bonchev–Trinajstić information content (AvgIpc) is 2.80. The summed E-state index contributed by atoms with van der Waals surface area (Å²) in [7, 11) is 0. The second-order valence-corrected chi connectivity index (χ2v) is 7.72. The lowest BCUT2D eigenvalue weighted by atomic mass is 9.97. The van der Waals surface area contributed by atoms with Gasteiger partial charge in [0.1, 0.15) is 0 Å². The van der Waals surface area contributed by atoms with Crippen molar-refractivity contribution in [1.82, 2.24) is 14.9 Å². The fourth-order valence-corrected chi connectivity index (χ4v) is 4.11. The zero-order valence-electron chi connectivity index (χ0n) is 16.6. The Morgan fingerprint density at radius 3 is 2.48 bits per heavy atom. The molecule has 0 spiro atoms. The van der Waals surface area contributed by atoms with Gasteiger partial charge in [-0.3, -0.25) is 9.59 Å². The van der Waals surface area contributed by atoms with Crippen LogP contribution < -0.4 is 10.2 Å². The first-order chi connectivity index (χ1) is 14.2. The lowest BCUT2D eigenvalue weighted by Gasteiger charge is -2.32. The standard InChI is InChI=1S/C22H27N5O2/c28-20(17-8-6-15-27(16-17)22-23-11-7-12-24-22)25-19-10-3-2-9-18(19)21(29)26-13-4-1-5-14-26/h2-3,7,9-12,17H,1,4-6,8,13-16H2,(H,25,28). The van der Waals surface area contributed by atoms with Gasteiger partial charge in [-0.05, 0) is 50.3 Å². The number of para-hydroxylation sites is 1. The first-order valence-corrected chi connectivity index (χ1v) is 10.4. The molecule has 0 radical (unpaired) electrons. The molecule has 4 rings (SSSR count). The molecule has 29 heavy (non-hydrogen) atoms. The third-order valence-electron chi connectivity index (χ3n) is 5.69. The van der Waals surface area contributed by atoms with Crippen LogP contribution in [0.3, 0.4) is 0 Å². The first kappa shape index (κ1) is 19.4. The molecular weight excluding hydrogens is 366 g/mol. The number of hydrogen-bond acceptors (Lipinski definition) is 5. The summed E-state index contributed by atoms with van der Waals surface area (Å²) < 4.78 is 0. The summed E-state index contributed by atoms with van der Waals surface area (Å²) in [6, 6.07) is 9.11. The minimum absolute atomic E-state index is 0.00329. The van der Waals surface area contributed by atoms with Crippen molar-refractivity contribution in [2.75, 3.05) is 36.4 Å². The molecule has 3 heterocycles. The number of likely N-dealkylation sites (tertiary alicyclic amines) is 1. The van der Waals surface area contributed by atoms with E-state index < -0.39 is 0 Å². The summed E-state index contributed by atoms with van der Waals surface area (Å²) >= 11 is 0. The maximum atomic E-state index is 13.0. The summed E-state index contributed by atoms with van der Waals surface area (Å²) in [6.45, 7) is 3.00. The smallest absolute Gasteiger partial charge is 0.255 e. The van der Waals surface area contributed by atoms with Crippen LogP contribution >= 0.6 is 0 Å². The van der Waals surface area contributed by atoms with Crippen molar-refractivity contribution in [3.63, 3.8) is 0 Å². The molecule has 2 aliphatic heterocycles. The lowest BCUT2D eigenvalue weighted by Crippen LogP contribution is -2.41. The maximum absolute atomic E-state index is 13.0. The van der Waals surface area contributed by atoms with Gasteiger partial charge in [0.25, 0.3) is 5.91 Å². The number of piperidine rings is 2. The van der Waals surface area contributed by atoms with Crippen LogP contribution in [0.4, 0.5) is 11.6 Å². The Morgan fingerprint density at radius 2 is 1.69 bits per heavy atom.